The molecule has 3 nitrogen and oxygen atoms in total. The van der Waals surface area contributed by atoms with Crippen LogP contribution in [-0.2, 0) is 4.74 Å². The third-order valence-corrected chi connectivity index (χ3v) is 5.40. The predicted molar refractivity (Wildman–Crippen MR) is 78.4 cm³/mol. The molecule has 2 aliphatic heterocycles. The van der Waals surface area contributed by atoms with Crippen molar-refractivity contribution >= 4 is 0 Å². The number of piperidine rings is 1. The summed E-state index contributed by atoms with van der Waals surface area (Å²) in [5.41, 5.74) is 0.312. The van der Waals surface area contributed by atoms with Gasteiger partial charge in [0.05, 0.1) is 11.7 Å². The fourth-order valence-electron chi connectivity index (χ4n) is 4.31. The molecule has 0 amide bonds. The standard InChI is InChI=1S/C16H30N2O/c1-2-17-14-6-11-18(12-7-14)13-15-5-10-16(19-15)8-3-4-9-16/h14-15,17H,2-13H2,1H3. The van der Waals surface area contributed by atoms with E-state index in [0.29, 0.717) is 11.7 Å². The lowest BCUT2D eigenvalue weighted by Gasteiger charge is -2.34. The van der Waals surface area contributed by atoms with E-state index in [1.807, 2.05) is 0 Å². The zero-order valence-electron chi connectivity index (χ0n) is 12.5. The summed E-state index contributed by atoms with van der Waals surface area (Å²) in [7, 11) is 0. The fourth-order valence-corrected chi connectivity index (χ4v) is 4.31. The average molecular weight is 266 g/mol. The van der Waals surface area contributed by atoms with Gasteiger partial charge in [-0.2, -0.15) is 0 Å². The largest absolute Gasteiger partial charge is 0.370 e. The van der Waals surface area contributed by atoms with Crippen LogP contribution in [0.4, 0.5) is 0 Å². The summed E-state index contributed by atoms with van der Waals surface area (Å²) in [4.78, 5) is 2.63. The van der Waals surface area contributed by atoms with E-state index in [0.717, 1.165) is 12.6 Å². The summed E-state index contributed by atoms with van der Waals surface area (Å²) in [6.07, 6.45) is 11.2. The maximum absolute atomic E-state index is 6.43. The van der Waals surface area contributed by atoms with E-state index in [4.69, 9.17) is 4.74 Å². The molecule has 3 fully saturated rings. The van der Waals surface area contributed by atoms with Crippen molar-refractivity contribution in [3.05, 3.63) is 0 Å². The highest BCUT2D eigenvalue weighted by atomic mass is 16.5. The van der Waals surface area contributed by atoms with Crippen molar-refractivity contribution in [1.82, 2.24) is 10.2 Å². The number of nitrogens with one attached hydrogen (secondary N) is 1. The van der Waals surface area contributed by atoms with E-state index >= 15 is 0 Å². The summed E-state index contributed by atoms with van der Waals surface area (Å²) >= 11 is 0. The Morgan fingerprint density at radius 3 is 2.53 bits per heavy atom. The van der Waals surface area contributed by atoms with Crippen LogP contribution < -0.4 is 5.32 Å². The minimum Gasteiger partial charge on any atom is -0.370 e. The van der Waals surface area contributed by atoms with Gasteiger partial charge in [-0.3, -0.25) is 0 Å². The molecule has 3 aliphatic rings. The lowest BCUT2D eigenvalue weighted by Crippen LogP contribution is -2.45. The number of hydrogen-bond acceptors (Lipinski definition) is 3. The summed E-state index contributed by atoms with van der Waals surface area (Å²) in [6, 6.07) is 0.756. The second-order valence-electron chi connectivity index (χ2n) is 6.80. The van der Waals surface area contributed by atoms with Crippen LogP contribution in [0.15, 0.2) is 0 Å². The summed E-state index contributed by atoms with van der Waals surface area (Å²) in [6.45, 7) is 7.01. The van der Waals surface area contributed by atoms with E-state index < -0.39 is 0 Å². The molecule has 1 saturated carbocycles. The van der Waals surface area contributed by atoms with Crippen LogP contribution in [0.25, 0.3) is 0 Å². The van der Waals surface area contributed by atoms with Crippen LogP contribution in [0.3, 0.4) is 0 Å². The molecule has 0 bridgehead atoms. The maximum Gasteiger partial charge on any atom is 0.0710 e. The van der Waals surface area contributed by atoms with Crippen LogP contribution in [0, 0.1) is 0 Å². The number of hydrogen-bond donors (Lipinski definition) is 1. The molecule has 3 rings (SSSR count). The predicted octanol–water partition coefficient (Wildman–Crippen LogP) is 2.55. The van der Waals surface area contributed by atoms with Gasteiger partial charge in [-0.15, -0.1) is 0 Å². The topological polar surface area (TPSA) is 24.5 Å². The van der Waals surface area contributed by atoms with Crippen LogP contribution in [-0.4, -0.2) is 48.8 Å². The molecule has 0 aromatic rings. The highest BCUT2D eigenvalue weighted by Gasteiger charge is 2.42. The number of ether oxygens (including phenoxy) is 1. The van der Waals surface area contributed by atoms with Gasteiger partial charge in [-0.25, -0.2) is 0 Å². The molecule has 1 unspecified atom stereocenters. The molecule has 0 radical (unpaired) electrons. The van der Waals surface area contributed by atoms with Crippen LogP contribution in [0.2, 0.25) is 0 Å². The molecule has 1 spiro atoms. The molecule has 1 aliphatic carbocycles. The maximum atomic E-state index is 6.43. The highest BCUT2D eigenvalue weighted by molar-refractivity contribution is 4.93. The van der Waals surface area contributed by atoms with Crippen molar-refractivity contribution in [3.8, 4) is 0 Å². The molecule has 2 heterocycles. The molecular formula is C16H30N2O. The second kappa shape index (κ2) is 6.11. The third-order valence-electron chi connectivity index (χ3n) is 5.40. The van der Waals surface area contributed by atoms with Gasteiger partial charge in [0.25, 0.3) is 0 Å². The van der Waals surface area contributed by atoms with Gasteiger partial charge >= 0.3 is 0 Å². The van der Waals surface area contributed by atoms with E-state index in [1.165, 1.54) is 71.0 Å². The van der Waals surface area contributed by atoms with E-state index in [-0.39, 0.29) is 0 Å². The van der Waals surface area contributed by atoms with Gasteiger partial charge in [0.15, 0.2) is 0 Å². The highest BCUT2D eigenvalue weighted by Crippen LogP contribution is 2.43. The van der Waals surface area contributed by atoms with E-state index in [9.17, 15) is 0 Å². The Kier molecular flexibility index (Phi) is 4.45. The quantitative estimate of drug-likeness (QED) is 0.846. The van der Waals surface area contributed by atoms with E-state index in [1.54, 1.807) is 0 Å². The molecule has 110 valence electrons. The molecule has 19 heavy (non-hydrogen) atoms. The number of rotatable bonds is 4. The first kappa shape index (κ1) is 13.8. The van der Waals surface area contributed by atoms with E-state index in [2.05, 4.69) is 17.1 Å². The van der Waals surface area contributed by atoms with Crippen molar-refractivity contribution in [2.75, 3.05) is 26.2 Å². The Hall–Kier alpha value is -0.120. The van der Waals surface area contributed by atoms with Gasteiger partial charge in [0.1, 0.15) is 0 Å². The van der Waals surface area contributed by atoms with Crippen molar-refractivity contribution in [2.45, 2.75) is 76.0 Å². The Morgan fingerprint density at radius 2 is 1.84 bits per heavy atom. The van der Waals surface area contributed by atoms with Crippen LogP contribution in [0.1, 0.15) is 58.3 Å². The molecular weight excluding hydrogens is 236 g/mol. The zero-order chi connectivity index (χ0) is 13.1. The van der Waals surface area contributed by atoms with Crippen molar-refractivity contribution in [1.29, 1.82) is 0 Å². The van der Waals surface area contributed by atoms with Crippen molar-refractivity contribution in [2.24, 2.45) is 0 Å². The summed E-state index contributed by atoms with van der Waals surface area (Å²) < 4.78 is 6.43. The van der Waals surface area contributed by atoms with Gasteiger partial charge in [0.2, 0.25) is 0 Å². The Bertz CT molecular complexity index is 280. The second-order valence-corrected chi connectivity index (χ2v) is 6.80. The molecule has 3 heteroatoms. The third kappa shape index (κ3) is 3.32. The number of likely N-dealkylation sites (tertiary alicyclic amines) is 1. The molecule has 1 atom stereocenters. The fraction of sp³-hybridized carbons (Fsp3) is 1.00. The molecule has 1 N–H and O–H groups in total. The Balaban J connectivity index is 1.41. The lowest BCUT2D eigenvalue weighted by atomic mass is 9.98. The number of nitrogens with zero attached hydrogens (tertiary/aromatic N) is 1. The first-order chi connectivity index (χ1) is 9.30. The lowest BCUT2D eigenvalue weighted by molar-refractivity contribution is -0.0492. The van der Waals surface area contributed by atoms with Crippen LogP contribution in [0.5, 0.6) is 0 Å². The van der Waals surface area contributed by atoms with Crippen molar-refractivity contribution < 1.29 is 4.74 Å². The SMILES string of the molecule is CCNC1CCN(CC2CCC3(CCCC3)O2)CC1. The van der Waals surface area contributed by atoms with Gasteiger partial charge < -0.3 is 15.0 Å². The zero-order valence-corrected chi connectivity index (χ0v) is 12.5. The van der Waals surface area contributed by atoms with Crippen molar-refractivity contribution in [3.63, 3.8) is 0 Å². The smallest absolute Gasteiger partial charge is 0.0710 e. The van der Waals surface area contributed by atoms with Gasteiger partial charge in [-0.05, 0) is 58.2 Å². The molecule has 0 aromatic heterocycles. The Labute approximate surface area is 118 Å². The minimum atomic E-state index is 0.312. The summed E-state index contributed by atoms with van der Waals surface area (Å²) in [5, 5.41) is 3.58. The first-order valence-electron chi connectivity index (χ1n) is 8.43. The average Bonchev–Trinajstić information content (AvgIpc) is 3.03. The van der Waals surface area contributed by atoms with Crippen LogP contribution >= 0.6 is 0 Å². The monoisotopic (exact) mass is 266 g/mol. The first-order valence-corrected chi connectivity index (χ1v) is 8.43. The van der Waals surface area contributed by atoms with Gasteiger partial charge in [0, 0.05) is 12.6 Å². The van der Waals surface area contributed by atoms with Gasteiger partial charge in [-0.1, -0.05) is 19.8 Å². The minimum absolute atomic E-state index is 0.312. The molecule has 0 aromatic carbocycles. The normalized spacial score (nSPS) is 32.4. The Morgan fingerprint density at radius 1 is 1.11 bits per heavy atom. The summed E-state index contributed by atoms with van der Waals surface area (Å²) in [5.74, 6) is 0. The molecule has 2 saturated heterocycles.